The number of carbonyl (C=O) groups excluding carboxylic acids is 1. The van der Waals surface area contributed by atoms with Crippen LogP contribution in [0.3, 0.4) is 0 Å². The summed E-state index contributed by atoms with van der Waals surface area (Å²) in [5, 5.41) is 9.09. The first-order valence-corrected chi connectivity index (χ1v) is 8.48. The Morgan fingerprint density at radius 1 is 1.32 bits per heavy atom. The van der Waals surface area contributed by atoms with Crippen LogP contribution in [0.4, 0.5) is 5.13 Å². The van der Waals surface area contributed by atoms with E-state index in [0.29, 0.717) is 5.76 Å². The monoisotopic (exact) mass is 318 g/mol. The van der Waals surface area contributed by atoms with Gasteiger partial charge in [0.2, 0.25) is 5.13 Å². The van der Waals surface area contributed by atoms with Crippen molar-refractivity contribution in [1.82, 2.24) is 15.1 Å². The predicted octanol–water partition coefficient (Wildman–Crippen LogP) is 2.26. The number of carbonyl (C=O) groups is 1. The van der Waals surface area contributed by atoms with Crippen LogP contribution in [0.1, 0.15) is 29.8 Å². The van der Waals surface area contributed by atoms with Crippen LogP contribution >= 0.6 is 11.3 Å². The van der Waals surface area contributed by atoms with E-state index < -0.39 is 0 Å². The van der Waals surface area contributed by atoms with E-state index >= 15 is 0 Å². The lowest BCUT2D eigenvalue weighted by Gasteiger charge is -2.40. The van der Waals surface area contributed by atoms with Crippen molar-refractivity contribution in [2.45, 2.75) is 19.3 Å². The number of likely N-dealkylation sites (tertiary alicyclic amines) is 1. The molecule has 2 aromatic rings. The minimum atomic E-state index is 0.0124. The Labute approximate surface area is 132 Å². The first-order chi connectivity index (χ1) is 10.8. The van der Waals surface area contributed by atoms with Crippen LogP contribution < -0.4 is 4.90 Å². The summed E-state index contributed by atoms with van der Waals surface area (Å²) in [6.07, 6.45) is 4.88. The molecule has 1 amide bonds. The number of anilines is 1. The molecule has 0 N–H and O–H groups in total. The first-order valence-electron chi connectivity index (χ1n) is 7.60. The maximum absolute atomic E-state index is 12.5. The number of rotatable bonds is 2. The lowest BCUT2D eigenvalue weighted by atomic mass is 9.79. The van der Waals surface area contributed by atoms with Crippen LogP contribution in [0.5, 0.6) is 0 Å². The Hall–Kier alpha value is -1.89. The Bertz CT molecular complexity index is 643. The molecule has 0 saturated carbocycles. The first kappa shape index (κ1) is 13.8. The lowest BCUT2D eigenvalue weighted by molar-refractivity contribution is 0.0526. The Balaban J connectivity index is 1.48. The third-order valence-corrected chi connectivity index (χ3v) is 5.49. The fraction of sp³-hybridized carbons (Fsp3) is 0.533. The smallest absolute Gasteiger partial charge is 0.289 e. The summed E-state index contributed by atoms with van der Waals surface area (Å²) < 4.78 is 5.26. The van der Waals surface area contributed by atoms with E-state index in [1.54, 1.807) is 35.2 Å². The average molecular weight is 318 g/mol. The van der Waals surface area contributed by atoms with E-state index in [9.17, 15) is 4.79 Å². The van der Waals surface area contributed by atoms with Gasteiger partial charge in [0.25, 0.3) is 5.91 Å². The van der Waals surface area contributed by atoms with Crippen molar-refractivity contribution < 1.29 is 9.21 Å². The molecule has 2 saturated heterocycles. The summed E-state index contributed by atoms with van der Waals surface area (Å²) >= 11 is 1.58. The standard InChI is InChI=1S/C15H18N4O2S/c20-13(12-3-1-8-21-12)18-6-2-4-15(9-18)5-7-19(10-15)14-17-16-11-22-14/h1,3,8,11H,2,4-7,9-10H2/t15-/m1/s1. The fourth-order valence-corrected chi connectivity index (χ4v) is 4.26. The molecule has 4 heterocycles. The number of aromatic nitrogens is 2. The van der Waals surface area contributed by atoms with Crippen molar-refractivity contribution in [3.63, 3.8) is 0 Å². The van der Waals surface area contributed by atoms with E-state index in [0.717, 1.165) is 44.2 Å². The van der Waals surface area contributed by atoms with Crippen molar-refractivity contribution in [1.29, 1.82) is 0 Å². The van der Waals surface area contributed by atoms with E-state index in [-0.39, 0.29) is 11.3 Å². The maximum Gasteiger partial charge on any atom is 0.289 e. The zero-order chi connectivity index (χ0) is 15.0. The Morgan fingerprint density at radius 2 is 2.27 bits per heavy atom. The molecule has 0 aromatic carbocycles. The van der Waals surface area contributed by atoms with E-state index in [1.165, 1.54) is 6.42 Å². The Kier molecular flexibility index (Phi) is 3.37. The zero-order valence-electron chi connectivity index (χ0n) is 12.3. The van der Waals surface area contributed by atoms with Crippen LogP contribution in [0.25, 0.3) is 0 Å². The molecule has 4 rings (SSSR count). The minimum Gasteiger partial charge on any atom is -0.459 e. The molecule has 0 radical (unpaired) electrons. The Morgan fingerprint density at radius 3 is 3.05 bits per heavy atom. The van der Waals surface area contributed by atoms with Crippen molar-refractivity contribution in [3.05, 3.63) is 29.7 Å². The largest absolute Gasteiger partial charge is 0.459 e. The fourth-order valence-electron chi connectivity index (χ4n) is 3.67. The quantitative estimate of drug-likeness (QED) is 0.850. The maximum atomic E-state index is 12.5. The van der Waals surface area contributed by atoms with Crippen molar-refractivity contribution >= 4 is 22.4 Å². The molecule has 22 heavy (non-hydrogen) atoms. The van der Waals surface area contributed by atoms with E-state index in [1.807, 2.05) is 4.90 Å². The van der Waals surface area contributed by atoms with Gasteiger partial charge in [-0.15, -0.1) is 10.2 Å². The third kappa shape index (κ3) is 2.39. The summed E-state index contributed by atoms with van der Waals surface area (Å²) in [7, 11) is 0. The normalized spacial score (nSPS) is 25.1. The highest BCUT2D eigenvalue weighted by Crippen LogP contribution is 2.41. The van der Waals surface area contributed by atoms with Crippen molar-refractivity contribution in [2.24, 2.45) is 5.41 Å². The zero-order valence-corrected chi connectivity index (χ0v) is 13.1. The van der Waals surface area contributed by atoms with Crippen LogP contribution in [-0.2, 0) is 0 Å². The summed E-state index contributed by atoms with van der Waals surface area (Å²) in [5.41, 5.74) is 1.96. The van der Waals surface area contributed by atoms with Crippen molar-refractivity contribution in [3.8, 4) is 0 Å². The number of amides is 1. The highest BCUT2D eigenvalue weighted by Gasteiger charge is 2.43. The topological polar surface area (TPSA) is 62.5 Å². The van der Waals surface area contributed by atoms with Gasteiger partial charge in [0.1, 0.15) is 5.51 Å². The lowest BCUT2D eigenvalue weighted by Crippen LogP contribution is -2.47. The highest BCUT2D eigenvalue weighted by molar-refractivity contribution is 7.13. The van der Waals surface area contributed by atoms with Gasteiger partial charge < -0.3 is 14.2 Å². The summed E-state index contributed by atoms with van der Waals surface area (Å²) in [6, 6.07) is 3.51. The number of nitrogens with zero attached hydrogens (tertiary/aromatic N) is 4. The molecule has 0 aliphatic carbocycles. The average Bonchev–Trinajstić information content (AvgIpc) is 3.28. The van der Waals surface area contributed by atoms with Gasteiger partial charge in [-0.1, -0.05) is 11.3 Å². The van der Waals surface area contributed by atoms with Crippen LogP contribution in [0, 0.1) is 5.41 Å². The van der Waals surface area contributed by atoms with Gasteiger partial charge in [0, 0.05) is 31.6 Å². The molecule has 2 aliphatic heterocycles. The molecular formula is C15H18N4O2S. The third-order valence-electron chi connectivity index (χ3n) is 4.74. The predicted molar refractivity (Wildman–Crippen MR) is 83.0 cm³/mol. The van der Waals surface area contributed by atoms with E-state index in [4.69, 9.17) is 4.42 Å². The highest BCUT2D eigenvalue weighted by atomic mass is 32.1. The molecule has 2 aliphatic rings. The molecule has 1 spiro atoms. The summed E-state index contributed by atoms with van der Waals surface area (Å²) in [6.45, 7) is 3.59. The van der Waals surface area contributed by atoms with Gasteiger partial charge in [-0.25, -0.2) is 0 Å². The number of furan rings is 1. The number of hydrogen-bond acceptors (Lipinski definition) is 6. The van der Waals surface area contributed by atoms with Gasteiger partial charge >= 0.3 is 0 Å². The van der Waals surface area contributed by atoms with Gasteiger partial charge in [-0.3, -0.25) is 4.79 Å². The molecule has 0 unspecified atom stereocenters. The summed E-state index contributed by atoms with van der Waals surface area (Å²) in [5.74, 6) is 0.453. The van der Waals surface area contributed by atoms with Gasteiger partial charge in [0.05, 0.1) is 6.26 Å². The van der Waals surface area contributed by atoms with Crippen LogP contribution in [0.2, 0.25) is 0 Å². The SMILES string of the molecule is O=C(c1ccco1)N1CCC[C@@]2(CCN(c3nncs3)C2)C1. The molecule has 6 nitrogen and oxygen atoms in total. The second kappa shape index (κ2) is 5.39. The molecule has 2 aromatic heterocycles. The van der Waals surface area contributed by atoms with E-state index in [2.05, 4.69) is 15.1 Å². The van der Waals surface area contributed by atoms with Crippen molar-refractivity contribution in [2.75, 3.05) is 31.1 Å². The summed E-state index contributed by atoms with van der Waals surface area (Å²) in [4.78, 5) is 16.8. The number of hydrogen-bond donors (Lipinski definition) is 0. The van der Waals surface area contributed by atoms with Gasteiger partial charge in [-0.2, -0.15) is 0 Å². The van der Waals surface area contributed by atoms with Gasteiger partial charge in [-0.05, 0) is 31.4 Å². The van der Waals surface area contributed by atoms with Gasteiger partial charge in [0.15, 0.2) is 5.76 Å². The molecule has 0 bridgehead atoms. The number of piperidine rings is 1. The molecule has 7 heteroatoms. The molecule has 116 valence electrons. The minimum absolute atomic E-state index is 0.0124. The molecule has 1 atom stereocenters. The second-order valence-corrected chi connectivity index (χ2v) is 7.01. The van der Waals surface area contributed by atoms with Crippen LogP contribution in [-0.4, -0.2) is 47.2 Å². The second-order valence-electron chi connectivity index (χ2n) is 6.20. The molecule has 2 fully saturated rings. The van der Waals surface area contributed by atoms with Crippen LogP contribution in [0.15, 0.2) is 28.3 Å². The molecular weight excluding hydrogens is 300 g/mol.